The van der Waals surface area contributed by atoms with Gasteiger partial charge in [0.25, 0.3) is 0 Å². The van der Waals surface area contributed by atoms with E-state index in [1.807, 2.05) is 26.8 Å². The zero-order chi connectivity index (χ0) is 16.8. The zero-order valence-corrected chi connectivity index (χ0v) is 14.7. The molecule has 4 nitrogen and oxygen atoms in total. The second kappa shape index (κ2) is 7.77. The Morgan fingerprint density at radius 3 is 2.36 bits per heavy atom. The van der Waals surface area contributed by atoms with Crippen LogP contribution in [0.25, 0.3) is 6.08 Å². The maximum absolute atomic E-state index is 12.5. The standard InChI is InChI=1S/C16H21ClN2O2S/c1-16(2,3)13-19(11-4-10-18)22(20,21)12-9-14-5-7-15(17)8-6-14/h5-9,12H,4,11,13H2,1-3H3/b12-9+. The van der Waals surface area contributed by atoms with E-state index in [0.717, 1.165) is 5.56 Å². The summed E-state index contributed by atoms with van der Waals surface area (Å²) in [5.74, 6) is 0. The first kappa shape index (κ1) is 18.7. The largest absolute Gasteiger partial charge is 0.236 e. The molecule has 0 aliphatic carbocycles. The summed E-state index contributed by atoms with van der Waals surface area (Å²) < 4.78 is 26.3. The molecular weight excluding hydrogens is 320 g/mol. The summed E-state index contributed by atoms with van der Waals surface area (Å²) in [6.07, 6.45) is 1.71. The van der Waals surface area contributed by atoms with Gasteiger partial charge in [0.05, 0.1) is 6.07 Å². The van der Waals surface area contributed by atoms with Crippen LogP contribution in [0, 0.1) is 16.7 Å². The van der Waals surface area contributed by atoms with Gasteiger partial charge in [-0.3, -0.25) is 0 Å². The summed E-state index contributed by atoms with van der Waals surface area (Å²) in [7, 11) is -3.57. The van der Waals surface area contributed by atoms with Crippen LogP contribution in [-0.4, -0.2) is 25.8 Å². The Morgan fingerprint density at radius 1 is 1.27 bits per heavy atom. The second-order valence-corrected chi connectivity index (χ2v) is 8.46. The summed E-state index contributed by atoms with van der Waals surface area (Å²) >= 11 is 5.80. The molecule has 6 heteroatoms. The van der Waals surface area contributed by atoms with Crippen molar-refractivity contribution in [1.29, 1.82) is 5.26 Å². The van der Waals surface area contributed by atoms with E-state index in [1.165, 1.54) is 15.8 Å². The molecule has 0 fully saturated rings. The number of benzene rings is 1. The minimum absolute atomic E-state index is 0.171. The first-order valence-corrected chi connectivity index (χ1v) is 8.83. The fraction of sp³-hybridized carbons (Fsp3) is 0.438. The molecule has 0 radical (unpaired) electrons. The highest BCUT2D eigenvalue weighted by molar-refractivity contribution is 7.92. The normalized spacial score (nSPS) is 12.7. The lowest BCUT2D eigenvalue weighted by molar-refractivity contribution is 0.287. The highest BCUT2D eigenvalue weighted by atomic mass is 35.5. The van der Waals surface area contributed by atoms with Gasteiger partial charge in [0.2, 0.25) is 10.0 Å². The molecule has 1 aromatic rings. The quantitative estimate of drug-likeness (QED) is 0.789. The Morgan fingerprint density at radius 2 is 1.86 bits per heavy atom. The molecule has 0 aliphatic heterocycles. The van der Waals surface area contributed by atoms with Crippen molar-refractivity contribution in [3.63, 3.8) is 0 Å². The van der Waals surface area contributed by atoms with Crippen LogP contribution in [0.1, 0.15) is 32.8 Å². The third-order valence-electron chi connectivity index (χ3n) is 2.79. The van der Waals surface area contributed by atoms with Crippen molar-refractivity contribution in [3.8, 4) is 6.07 Å². The lowest BCUT2D eigenvalue weighted by atomic mass is 9.97. The number of nitrogens with zero attached hydrogens (tertiary/aromatic N) is 2. The van der Waals surface area contributed by atoms with Crippen molar-refractivity contribution in [2.75, 3.05) is 13.1 Å². The van der Waals surface area contributed by atoms with Gasteiger partial charge in [-0.2, -0.15) is 9.57 Å². The SMILES string of the molecule is CC(C)(C)CN(CCC#N)S(=O)(=O)/C=C/c1ccc(Cl)cc1. The molecule has 22 heavy (non-hydrogen) atoms. The summed E-state index contributed by atoms with van der Waals surface area (Å²) in [5, 5.41) is 10.5. The van der Waals surface area contributed by atoms with Gasteiger partial charge < -0.3 is 0 Å². The van der Waals surface area contributed by atoms with E-state index < -0.39 is 10.0 Å². The molecule has 0 N–H and O–H groups in total. The fourth-order valence-electron chi connectivity index (χ4n) is 1.82. The highest BCUT2D eigenvalue weighted by Gasteiger charge is 2.24. The van der Waals surface area contributed by atoms with Gasteiger partial charge >= 0.3 is 0 Å². The van der Waals surface area contributed by atoms with Gasteiger partial charge in [-0.1, -0.05) is 44.5 Å². The third-order valence-corrected chi connectivity index (χ3v) is 4.55. The van der Waals surface area contributed by atoms with Crippen molar-refractivity contribution >= 4 is 27.7 Å². The van der Waals surface area contributed by atoms with E-state index in [4.69, 9.17) is 16.9 Å². The molecule has 1 rings (SSSR count). The topological polar surface area (TPSA) is 61.2 Å². The number of halogens is 1. The molecule has 0 amide bonds. The first-order valence-electron chi connectivity index (χ1n) is 6.95. The minimum atomic E-state index is -3.57. The maximum Gasteiger partial charge on any atom is 0.236 e. The molecule has 0 aliphatic rings. The van der Waals surface area contributed by atoms with Gasteiger partial charge in [-0.15, -0.1) is 0 Å². The predicted molar refractivity (Wildman–Crippen MR) is 90.7 cm³/mol. The second-order valence-electron chi connectivity index (χ2n) is 6.20. The number of sulfonamides is 1. The first-order chi connectivity index (χ1) is 10.1. The van der Waals surface area contributed by atoms with E-state index in [0.29, 0.717) is 11.6 Å². The van der Waals surface area contributed by atoms with Crippen molar-refractivity contribution in [3.05, 3.63) is 40.3 Å². The average Bonchev–Trinajstić information content (AvgIpc) is 2.41. The molecule has 120 valence electrons. The van der Waals surface area contributed by atoms with Crippen LogP contribution >= 0.6 is 11.6 Å². The minimum Gasteiger partial charge on any atom is -0.208 e. The average molecular weight is 341 g/mol. The molecular formula is C16H21ClN2O2S. The number of nitriles is 1. The lowest BCUT2D eigenvalue weighted by Gasteiger charge is -2.27. The highest BCUT2D eigenvalue weighted by Crippen LogP contribution is 2.19. The molecule has 0 heterocycles. The zero-order valence-electron chi connectivity index (χ0n) is 13.1. The summed E-state index contributed by atoms with van der Waals surface area (Å²) in [5.41, 5.74) is 0.570. The van der Waals surface area contributed by atoms with Crippen LogP contribution in [0.2, 0.25) is 5.02 Å². The molecule has 1 aromatic carbocycles. The molecule has 0 spiro atoms. The van der Waals surface area contributed by atoms with Gasteiger partial charge in [0, 0.05) is 29.9 Å². The Hall–Kier alpha value is -1.35. The van der Waals surface area contributed by atoms with Crippen molar-refractivity contribution < 1.29 is 8.42 Å². The van der Waals surface area contributed by atoms with Crippen LogP contribution in [0.3, 0.4) is 0 Å². The summed E-state index contributed by atoms with van der Waals surface area (Å²) in [6.45, 7) is 6.45. The lowest BCUT2D eigenvalue weighted by Crippen LogP contribution is -2.37. The third kappa shape index (κ3) is 6.61. The van der Waals surface area contributed by atoms with Crippen LogP contribution in [0.15, 0.2) is 29.7 Å². The summed E-state index contributed by atoms with van der Waals surface area (Å²) in [4.78, 5) is 0. The monoisotopic (exact) mass is 340 g/mol. The van der Waals surface area contributed by atoms with Gasteiger partial charge in [-0.25, -0.2) is 8.42 Å². The van der Waals surface area contributed by atoms with E-state index in [2.05, 4.69) is 0 Å². The van der Waals surface area contributed by atoms with Crippen LogP contribution in [0.5, 0.6) is 0 Å². The molecule has 0 unspecified atom stereocenters. The number of hydrogen-bond donors (Lipinski definition) is 0. The molecule has 0 aromatic heterocycles. The van der Waals surface area contributed by atoms with E-state index in [-0.39, 0.29) is 18.4 Å². The van der Waals surface area contributed by atoms with E-state index >= 15 is 0 Å². The van der Waals surface area contributed by atoms with Crippen LogP contribution < -0.4 is 0 Å². The van der Waals surface area contributed by atoms with Gasteiger partial charge in [0.1, 0.15) is 0 Å². The Bertz CT molecular complexity index is 653. The van der Waals surface area contributed by atoms with Crippen LogP contribution in [0.4, 0.5) is 0 Å². The van der Waals surface area contributed by atoms with E-state index in [9.17, 15) is 8.42 Å². The fourth-order valence-corrected chi connectivity index (χ4v) is 3.36. The predicted octanol–water partition coefficient (Wildman–Crippen LogP) is 3.90. The van der Waals surface area contributed by atoms with Crippen LogP contribution in [-0.2, 0) is 10.0 Å². The smallest absolute Gasteiger partial charge is 0.208 e. The maximum atomic E-state index is 12.5. The van der Waals surface area contributed by atoms with Crippen molar-refractivity contribution in [2.45, 2.75) is 27.2 Å². The summed E-state index contributed by atoms with van der Waals surface area (Å²) in [6, 6.07) is 8.90. The van der Waals surface area contributed by atoms with Gasteiger partial charge in [-0.05, 0) is 29.2 Å². The molecule has 0 saturated heterocycles. The number of rotatable bonds is 6. The Labute approximate surface area is 138 Å². The Kier molecular flexibility index (Phi) is 6.61. The molecule has 0 atom stereocenters. The molecule has 0 saturated carbocycles. The van der Waals surface area contributed by atoms with Crippen molar-refractivity contribution in [2.24, 2.45) is 5.41 Å². The Balaban J connectivity index is 2.95. The van der Waals surface area contributed by atoms with Crippen molar-refractivity contribution in [1.82, 2.24) is 4.31 Å². The molecule has 0 bridgehead atoms. The number of hydrogen-bond acceptors (Lipinski definition) is 3. The van der Waals surface area contributed by atoms with Gasteiger partial charge in [0.15, 0.2) is 0 Å². The van der Waals surface area contributed by atoms with E-state index in [1.54, 1.807) is 24.3 Å².